The fraction of sp³-hybridized carbons (Fsp3) is 0.514. The maximum atomic E-state index is 14.3. The lowest BCUT2D eigenvalue weighted by atomic mass is 9.73. The van der Waals surface area contributed by atoms with Gasteiger partial charge in [-0.2, -0.15) is 0 Å². The summed E-state index contributed by atoms with van der Waals surface area (Å²) in [6.45, 7) is 11.0. The van der Waals surface area contributed by atoms with Crippen LogP contribution in [0.3, 0.4) is 0 Å². The van der Waals surface area contributed by atoms with Gasteiger partial charge in [-0.25, -0.2) is 0 Å². The molecule has 3 fully saturated rings. The van der Waals surface area contributed by atoms with E-state index in [-0.39, 0.29) is 30.3 Å². The summed E-state index contributed by atoms with van der Waals surface area (Å²) >= 11 is 0. The van der Waals surface area contributed by atoms with Gasteiger partial charge in [0.2, 0.25) is 17.7 Å². The zero-order chi connectivity index (χ0) is 29.8. The Bertz CT molecular complexity index is 1380. The van der Waals surface area contributed by atoms with Gasteiger partial charge in [0.15, 0.2) is 0 Å². The number of fused-ring (bicyclic) bond motifs is 1. The van der Waals surface area contributed by atoms with Crippen molar-refractivity contribution in [2.24, 2.45) is 23.7 Å². The lowest BCUT2D eigenvalue weighted by Gasteiger charge is -2.38. The molecule has 2 bridgehead atoms. The Morgan fingerprint density at radius 3 is 2.43 bits per heavy atom. The van der Waals surface area contributed by atoms with E-state index in [1.165, 1.54) is 5.56 Å². The first-order valence-corrected chi connectivity index (χ1v) is 15.5. The van der Waals surface area contributed by atoms with Gasteiger partial charge in [-0.15, -0.1) is 0 Å². The van der Waals surface area contributed by atoms with Gasteiger partial charge >= 0.3 is 0 Å². The van der Waals surface area contributed by atoms with Crippen LogP contribution in [-0.4, -0.2) is 46.4 Å². The monoisotopic (exact) mass is 569 g/mol. The molecule has 0 radical (unpaired) electrons. The smallest absolute Gasteiger partial charge is 0.246 e. The highest BCUT2D eigenvalue weighted by Gasteiger charge is 2.72. The van der Waals surface area contributed by atoms with Crippen LogP contribution in [0.2, 0.25) is 0 Å². The molecule has 7 nitrogen and oxygen atoms in total. The average Bonchev–Trinajstić information content (AvgIpc) is 3.60. The largest absolute Gasteiger partial charge is 0.359 e. The van der Waals surface area contributed by atoms with E-state index in [4.69, 9.17) is 4.74 Å². The van der Waals surface area contributed by atoms with Crippen molar-refractivity contribution in [3.05, 3.63) is 77.4 Å². The number of aryl methyl sites for hydroxylation is 1. The Labute approximate surface area is 249 Å². The van der Waals surface area contributed by atoms with Gasteiger partial charge in [0.1, 0.15) is 11.6 Å². The van der Waals surface area contributed by atoms with E-state index >= 15 is 0 Å². The molecule has 1 saturated carbocycles. The highest BCUT2D eigenvalue weighted by atomic mass is 16.5. The van der Waals surface area contributed by atoms with E-state index in [0.717, 1.165) is 30.4 Å². The van der Waals surface area contributed by atoms with Crippen LogP contribution in [0.5, 0.6) is 0 Å². The summed E-state index contributed by atoms with van der Waals surface area (Å²) in [5.74, 6) is -0.904. The van der Waals surface area contributed by atoms with Gasteiger partial charge in [0.25, 0.3) is 0 Å². The molecule has 0 aromatic heterocycles. The summed E-state index contributed by atoms with van der Waals surface area (Å²) in [6.07, 6.45) is 6.35. The molecule has 2 aromatic rings. The molecule has 3 amide bonds. The lowest BCUT2D eigenvalue weighted by Crippen LogP contribution is -2.57. The quantitative estimate of drug-likeness (QED) is 0.440. The third-order valence-corrected chi connectivity index (χ3v) is 10.3. The number of anilines is 1. The van der Waals surface area contributed by atoms with Crippen LogP contribution in [0.15, 0.2) is 60.7 Å². The maximum absolute atomic E-state index is 14.3. The highest BCUT2D eigenvalue weighted by molar-refractivity contribution is 6.02. The second-order valence-electron chi connectivity index (χ2n) is 13.3. The normalized spacial score (nSPS) is 33.2. The van der Waals surface area contributed by atoms with E-state index in [0.29, 0.717) is 23.4 Å². The van der Waals surface area contributed by atoms with Gasteiger partial charge < -0.3 is 20.3 Å². The number of hydrogen-bond acceptors (Lipinski definition) is 4. The number of carbonyl (C=O) groups excluding carboxylic acids is 3. The molecule has 2 N–H and O–H groups in total. The summed E-state index contributed by atoms with van der Waals surface area (Å²) < 4.78 is 6.54. The second-order valence-corrected chi connectivity index (χ2v) is 13.3. The molecular weight excluding hydrogens is 526 g/mol. The van der Waals surface area contributed by atoms with E-state index in [1.807, 2.05) is 67.6 Å². The summed E-state index contributed by atoms with van der Waals surface area (Å²) in [5, 5.41) is 6.36. The fourth-order valence-electron chi connectivity index (χ4n) is 7.55. The zero-order valence-electron chi connectivity index (χ0n) is 25.3. The van der Waals surface area contributed by atoms with Crippen LogP contribution in [0, 0.1) is 30.6 Å². The van der Waals surface area contributed by atoms with Gasteiger partial charge in [-0.1, -0.05) is 94.7 Å². The Morgan fingerprint density at radius 2 is 1.74 bits per heavy atom. The maximum Gasteiger partial charge on any atom is 0.246 e. The number of nitrogens with zero attached hydrogens (tertiary/aromatic N) is 1. The van der Waals surface area contributed by atoms with Gasteiger partial charge in [0.05, 0.1) is 17.9 Å². The van der Waals surface area contributed by atoms with Gasteiger partial charge in [0, 0.05) is 18.3 Å². The molecule has 4 aliphatic rings. The predicted molar refractivity (Wildman–Crippen MR) is 163 cm³/mol. The number of amides is 3. The van der Waals surface area contributed by atoms with E-state index < -0.39 is 29.6 Å². The van der Waals surface area contributed by atoms with Crippen LogP contribution in [0.1, 0.15) is 69.6 Å². The Kier molecular flexibility index (Phi) is 7.50. The first kappa shape index (κ1) is 28.7. The van der Waals surface area contributed by atoms with Crippen molar-refractivity contribution < 1.29 is 19.1 Å². The summed E-state index contributed by atoms with van der Waals surface area (Å²) in [5.41, 5.74) is 2.75. The van der Waals surface area contributed by atoms with Crippen LogP contribution in [0.4, 0.5) is 5.69 Å². The van der Waals surface area contributed by atoms with E-state index in [1.54, 1.807) is 4.90 Å². The molecule has 8 atom stereocenters. The minimum Gasteiger partial charge on any atom is -0.359 e. The van der Waals surface area contributed by atoms with E-state index in [2.05, 4.69) is 38.3 Å². The molecule has 1 spiro atoms. The Balaban J connectivity index is 1.30. The highest BCUT2D eigenvalue weighted by Crippen LogP contribution is 2.55. The molecule has 6 rings (SSSR count). The molecule has 3 heterocycles. The van der Waals surface area contributed by atoms with Crippen molar-refractivity contribution in [1.82, 2.24) is 10.2 Å². The minimum atomic E-state index is -1.18. The van der Waals surface area contributed by atoms with Gasteiger partial charge in [-0.3, -0.25) is 14.4 Å². The SMILES string of the molecule is Cc1ccc(CN2C(=O)[C@H]3[C@H](C(=O)Nc4ccc(C(C)C)cc4)[C@H]4C=C[C@@]3(O4)[C@@H]2C(=O)N[C@@H]2CCC[C@@H](C)[C@@H]2C)cc1. The topological polar surface area (TPSA) is 87.7 Å². The van der Waals surface area contributed by atoms with Crippen molar-refractivity contribution in [3.63, 3.8) is 0 Å². The molecule has 3 aliphatic heterocycles. The number of hydrogen-bond donors (Lipinski definition) is 2. The third-order valence-electron chi connectivity index (χ3n) is 10.3. The van der Waals surface area contributed by atoms with Crippen molar-refractivity contribution in [1.29, 1.82) is 0 Å². The number of nitrogens with one attached hydrogen (secondary N) is 2. The number of rotatable bonds is 7. The third kappa shape index (κ3) is 4.85. The van der Waals surface area contributed by atoms with Gasteiger partial charge in [-0.05, 0) is 54.4 Å². The molecule has 222 valence electrons. The average molecular weight is 570 g/mol. The standard InChI is InChI=1S/C35H43N3O4/c1-20(2)25-13-15-26(16-14-25)36-32(39)29-28-17-18-35(42-28)30(29)34(41)38(19-24-11-9-21(3)10-12-24)31(35)33(40)37-27-8-6-7-22(4)23(27)5/h9-18,20,22-23,27-31H,6-8,19H2,1-5H3,(H,36,39)(H,37,40)/t22-,23+,27-,28-,29-,30-,31+,35+/m1/s1. The molecule has 42 heavy (non-hydrogen) atoms. The number of likely N-dealkylation sites (tertiary alicyclic amines) is 1. The second kappa shape index (κ2) is 11.0. The molecule has 2 saturated heterocycles. The van der Waals surface area contributed by atoms with Crippen molar-refractivity contribution in [3.8, 4) is 0 Å². The number of benzene rings is 2. The fourth-order valence-corrected chi connectivity index (χ4v) is 7.55. The van der Waals surface area contributed by atoms with Crippen molar-refractivity contribution in [2.45, 2.75) is 90.1 Å². The molecular formula is C35H43N3O4. The van der Waals surface area contributed by atoms with E-state index in [9.17, 15) is 14.4 Å². The first-order valence-electron chi connectivity index (χ1n) is 15.5. The molecule has 2 aromatic carbocycles. The number of ether oxygens (including phenoxy) is 1. The van der Waals surface area contributed by atoms with Crippen molar-refractivity contribution in [2.75, 3.05) is 5.32 Å². The summed E-state index contributed by atoms with van der Waals surface area (Å²) in [4.78, 5) is 44.0. The molecule has 7 heteroatoms. The van der Waals surface area contributed by atoms with Crippen LogP contribution in [0.25, 0.3) is 0 Å². The van der Waals surface area contributed by atoms with Crippen LogP contribution < -0.4 is 10.6 Å². The Morgan fingerprint density at radius 1 is 1.02 bits per heavy atom. The molecule has 0 unspecified atom stereocenters. The summed E-state index contributed by atoms with van der Waals surface area (Å²) in [7, 11) is 0. The summed E-state index contributed by atoms with van der Waals surface area (Å²) in [6, 6.07) is 15.0. The molecule has 1 aliphatic carbocycles. The predicted octanol–water partition coefficient (Wildman–Crippen LogP) is 5.35. The Hall–Kier alpha value is -3.45. The number of carbonyl (C=O) groups is 3. The zero-order valence-corrected chi connectivity index (χ0v) is 25.3. The first-order chi connectivity index (χ1) is 20.1. The lowest BCUT2D eigenvalue weighted by molar-refractivity contribution is -0.142. The van der Waals surface area contributed by atoms with Crippen LogP contribution >= 0.6 is 0 Å². The van der Waals surface area contributed by atoms with Crippen molar-refractivity contribution >= 4 is 23.4 Å². The minimum absolute atomic E-state index is 0.0449. The van der Waals surface area contributed by atoms with Crippen LogP contribution in [-0.2, 0) is 25.7 Å².